The highest BCUT2D eigenvalue weighted by Crippen LogP contribution is 2.33. The van der Waals surface area contributed by atoms with Crippen LogP contribution in [-0.2, 0) is 35.3 Å². The van der Waals surface area contributed by atoms with Gasteiger partial charge in [-0.3, -0.25) is 9.59 Å². The molecule has 12 nitrogen and oxygen atoms in total. The first kappa shape index (κ1) is 33.4. The predicted molar refractivity (Wildman–Crippen MR) is 170 cm³/mol. The number of aromatic nitrogens is 3. The van der Waals surface area contributed by atoms with E-state index in [0.717, 1.165) is 74.5 Å². The van der Waals surface area contributed by atoms with Crippen molar-refractivity contribution in [1.29, 1.82) is 0 Å². The molecule has 0 unspecified atom stereocenters. The maximum absolute atomic E-state index is 13.0. The van der Waals surface area contributed by atoms with Gasteiger partial charge < -0.3 is 25.0 Å². The lowest BCUT2D eigenvalue weighted by molar-refractivity contribution is -0.163. The van der Waals surface area contributed by atoms with Crippen LogP contribution in [0.15, 0.2) is 12.1 Å². The standard InChI is InChI=1S/C31H46N6O6S/c1-20-27(33-19-24(30(39)43-31(3,4)5)18-26(38)42-16-17-44(6,40)41)34-21(2)35-29(20)37-14-11-22(12-15-37)25-10-9-23-8-7-13-32-28(23)36-25/h9-10,22,24H,7-8,11-19H2,1-6H3,(H,32,36)(H,33,34,35)/t24-/m0/s1. The Morgan fingerprint density at radius 2 is 1.86 bits per heavy atom. The Balaban J connectivity index is 1.42. The number of esters is 2. The van der Waals surface area contributed by atoms with Crippen molar-refractivity contribution < 1.29 is 27.5 Å². The SMILES string of the molecule is Cc1nc(NC[C@H](CC(=O)OCCS(C)(=O)=O)C(=O)OC(C)(C)C)c(C)c(N2CCC(c3ccc4c(n3)NCCC4)CC2)n1. The van der Waals surface area contributed by atoms with Gasteiger partial charge in [0.15, 0.2) is 9.84 Å². The number of fused-ring (bicyclic) bond motifs is 1. The van der Waals surface area contributed by atoms with Crippen molar-refractivity contribution in [3.8, 4) is 0 Å². The van der Waals surface area contributed by atoms with Crippen LogP contribution in [0.25, 0.3) is 0 Å². The number of ether oxygens (including phenoxy) is 2. The molecule has 0 aromatic carbocycles. The maximum Gasteiger partial charge on any atom is 0.311 e. The molecule has 4 heterocycles. The summed E-state index contributed by atoms with van der Waals surface area (Å²) in [4.78, 5) is 42.1. The molecular formula is C31H46N6O6S. The molecule has 2 aliphatic heterocycles. The Hall–Kier alpha value is -3.48. The van der Waals surface area contributed by atoms with Gasteiger partial charge >= 0.3 is 11.9 Å². The summed E-state index contributed by atoms with van der Waals surface area (Å²) in [6.45, 7) is 11.5. The number of anilines is 3. The minimum Gasteiger partial charge on any atom is -0.465 e. The summed E-state index contributed by atoms with van der Waals surface area (Å²) < 4.78 is 33.4. The molecule has 0 amide bonds. The lowest BCUT2D eigenvalue weighted by Crippen LogP contribution is -2.35. The normalized spacial score (nSPS) is 16.5. The second kappa shape index (κ2) is 14.1. The lowest BCUT2D eigenvalue weighted by atomic mass is 9.92. The van der Waals surface area contributed by atoms with E-state index in [1.165, 1.54) is 5.56 Å². The fourth-order valence-corrected chi connectivity index (χ4v) is 5.85. The molecule has 2 aromatic rings. The smallest absolute Gasteiger partial charge is 0.311 e. The highest BCUT2D eigenvalue weighted by Gasteiger charge is 2.30. The third kappa shape index (κ3) is 9.51. The van der Waals surface area contributed by atoms with Crippen molar-refractivity contribution in [2.24, 2.45) is 5.92 Å². The predicted octanol–water partition coefficient (Wildman–Crippen LogP) is 3.58. The van der Waals surface area contributed by atoms with Crippen LogP contribution in [0.3, 0.4) is 0 Å². The highest BCUT2D eigenvalue weighted by molar-refractivity contribution is 7.90. The van der Waals surface area contributed by atoms with Gasteiger partial charge in [-0.1, -0.05) is 6.07 Å². The summed E-state index contributed by atoms with van der Waals surface area (Å²) >= 11 is 0. The zero-order valence-corrected chi connectivity index (χ0v) is 27.6. The molecule has 0 bridgehead atoms. The molecule has 0 aliphatic carbocycles. The monoisotopic (exact) mass is 630 g/mol. The number of sulfone groups is 1. The summed E-state index contributed by atoms with van der Waals surface area (Å²) in [5, 5.41) is 6.69. The number of pyridine rings is 1. The number of nitrogens with zero attached hydrogens (tertiary/aromatic N) is 4. The molecular weight excluding hydrogens is 584 g/mol. The lowest BCUT2D eigenvalue weighted by Gasteiger charge is -2.34. The molecule has 1 fully saturated rings. The fraction of sp³-hybridized carbons (Fsp3) is 0.645. The summed E-state index contributed by atoms with van der Waals surface area (Å²) in [5.74, 6) is 1.04. The second-order valence-electron chi connectivity index (χ2n) is 12.8. The van der Waals surface area contributed by atoms with Crippen LogP contribution >= 0.6 is 0 Å². The van der Waals surface area contributed by atoms with Gasteiger partial charge in [0.25, 0.3) is 0 Å². The van der Waals surface area contributed by atoms with Crippen molar-refractivity contribution in [1.82, 2.24) is 15.0 Å². The first-order chi connectivity index (χ1) is 20.7. The Morgan fingerprint density at radius 1 is 1.14 bits per heavy atom. The van der Waals surface area contributed by atoms with Crippen LogP contribution in [0.2, 0.25) is 0 Å². The van der Waals surface area contributed by atoms with Crippen LogP contribution in [0.5, 0.6) is 0 Å². The molecule has 0 spiro atoms. The van der Waals surface area contributed by atoms with Gasteiger partial charge in [-0.25, -0.2) is 23.4 Å². The number of nitrogens with one attached hydrogen (secondary N) is 2. The van der Waals surface area contributed by atoms with Crippen LogP contribution in [0.4, 0.5) is 17.5 Å². The number of rotatable bonds is 11. The van der Waals surface area contributed by atoms with E-state index >= 15 is 0 Å². The van der Waals surface area contributed by atoms with Crippen molar-refractivity contribution in [2.75, 3.05) is 60.3 Å². The summed E-state index contributed by atoms with van der Waals surface area (Å²) in [5.41, 5.74) is 2.53. The van der Waals surface area contributed by atoms with Crippen molar-refractivity contribution in [3.05, 3.63) is 34.8 Å². The Labute approximate surface area is 260 Å². The van der Waals surface area contributed by atoms with E-state index in [0.29, 0.717) is 17.6 Å². The van der Waals surface area contributed by atoms with Crippen LogP contribution in [-0.4, -0.2) is 85.7 Å². The Morgan fingerprint density at radius 3 is 2.55 bits per heavy atom. The molecule has 2 aliphatic rings. The van der Waals surface area contributed by atoms with Gasteiger partial charge in [0.2, 0.25) is 0 Å². The fourth-order valence-electron chi connectivity index (χ4n) is 5.46. The van der Waals surface area contributed by atoms with E-state index in [1.807, 2.05) is 13.8 Å². The number of piperidine rings is 1. The summed E-state index contributed by atoms with van der Waals surface area (Å²) in [7, 11) is -3.28. The average Bonchev–Trinajstić information content (AvgIpc) is 2.95. The average molecular weight is 631 g/mol. The first-order valence-corrected chi connectivity index (χ1v) is 17.4. The number of hydrogen-bond acceptors (Lipinski definition) is 12. The molecule has 1 atom stereocenters. The van der Waals surface area contributed by atoms with E-state index in [9.17, 15) is 18.0 Å². The van der Waals surface area contributed by atoms with E-state index in [-0.39, 0.29) is 25.3 Å². The number of hydrogen-bond donors (Lipinski definition) is 2. The number of carbonyl (C=O) groups is 2. The van der Waals surface area contributed by atoms with E-state index in [4.69, 9.17) is 19.4 Å². The minimum absolute atomic E-state index is 0.0763. The third-order valence-electron chi connectivity index (χ3n) is 7.75. The third-order valence-corrected chi connectivity index (χ3v) is 8.65. The van der Waals surface area contributed by atoms with E-state index < -0.39 is 33.3 Å². The molecule has 2 N–H and O–H groups in total. The molecule has 0 saturated carbocycles. The Bertz CT molecular complexity index is 1450. The van der Waals surface area contributed by atoms with Gasteiger partial charge in [-0.15, -0.1) is 0 Å². The molecule has 242 valence electrons. The second-order valence-corrected chi connectivity index (χ2v) is 15.0. The van der Waals surface area contributed by atoms with E-state index in [2.05, 4.69) is 32.7 Å². The zero-order chi connectivity index (χ0) is 32.1. The van der Waals surface area contributed by atoms with Gasteiger partial charge in [0.1, 0.15) is 35.5 Å². The van der Waals surface area contributed by atoms with Gasteiger partial charge in [-0.05, 0) is 71.9 Å². The van der Waals surface area contributed by atoms with Crippen molar-refractivity contribution >= 4 is 39.2 Å². The van der Waals surface area contributed by atoms with Crippen LogP contribution < -0.4 is 15.5 Å². The van der Waals surface area contributed by atoms with Crippen LogP contribution in [0.1, 0.15) is 75.0 Å². The van der Waals surface area contributed by atoms with Gasteiger partial charge in [0, 0.05) is 49.6 Å². The topological polar surface area (TPSA) is 153 Å². The molecule has 44 heavy (non-hydrogen) atoms. The van der Waals surface area contributed by atoms with Crippen LogP contribution in [0, 0.1) is 19.8 Å². The number of carbonyl (C=O) groups excluding carboxylic acids is 2. The minimum atomic E-state index is -3.28. The summed E-state index contributed by atoms with van der Waals surface area (Å²) in [6.07, 6.45) is 4.94. The molecule has 0 radical (unpaired) electrons. The zero-order valence-electron chi connectivity index (χ0n) is 26.7. The number of aryl methyl sites for hydroxylation is 2. The molecule has 2 aromatic heterocycles. The quantitative estimate of drug-likeness (QED) is 0.349. The van der Waals surface area contributed by atoms with Crippen molar-refractivity contribution in [3.63, 3.8) is 0 Å². The first-order valence-electron chi connectivity index (χ1n) is 15.3. The largest absolute Gasteiger partial charge is 0.465 e. The summed E-state index contributed by atoms with van der Waals surface area (Å²) in [6, 6.07) is 4.39. The highest BCUT2D eigenvalue weighted by atomic mass is 32.2. The van der Waals surface area contributed by atoms with Gasteiger partial charge in [-0.2, -0.15) is 0 Å². The van der Waals surface area contributed by atoms with E-state index in [1.54, 1.807) is 20.8 Å². The molecule has 13 heteroatoms. The molecule has 1 saturated heterocycles. The molecule has 4 rings (SSSR count). The van der Waals surface area contributed by atoms with Crippen molar-refractivity contribution in [2.45, 2.75) is 78.2 Å². The maximum atomic E-state index is 13.0. The Kier molecular flexibility index (Phi) is 10.7. The van der Waals surface area contributed by atoms with Gasteiger partial charge in [0.05, 0.1) is 18.1 Å².